The highest BCUT2D eigenvalue weighted by atomic mass is 16.6. The van der Waals surface area contributed by atoms with Gasteiger partial charge in [-0.05, 0) is 50.5 Å². The topological polar surface area (TPSA) is 79.4 Å². The normalized spacial score (nSPS) is 15.0. The molecule has 1 atom stereocenters. The first-order chi connectivity index (χ1) is 17.7. The molecule has 0 aliphatic carbocycles. The second kappa shape index (κ2) is 9.81. The minimum atomic E-state index is -0.733. The fourth-order valence-corrected chi connectivity index (χ4v) is 5.13. The maximum atomic E-state index is 13.8. The molecule has 4 aromatic rings. The van der Waals surface area contributed by atoms with Crippen LogP contribution in [0.5, 0.6) is 0 Å². The van der Waals surface area contributed by atoms with E-state index in [-0.39, 0.29) is 5.91 Å². The number of amides is 2. The smallest absolute Gasteiger partial charge is 0.408 e. The molecule has 0 spiro atoms. The average molecular weight is 499 g/mol. The number of ether oxygens (including phenoxy) is 1. The summed E-state index contributed by atoms with van der Waals surface area (Å²) in [4.78, 5) is 31.7. The molecule has 5 rings (SSSR count). The van der Waals surface area contributed by atoms with Crippen LogP contribution >= 0.6 is 0 Å². The monoisotopic (exact) mass is 498 g/mol. The van der Waals surface area contributed by atoms with Gasteiger partial charge in [0.2, 0.25) is 5.91 Å². The number of nitrogens with one attached hydrogen (secondary N) is 2. The molecule has 0 bridgehead atoms. The molecule has 3 heterocycles. The van der Waals surface area contributed by atoms with Crippen LogP contribution in [-0.2, 0) is 23.0 Å². The van der Waals surface area contributed by atoms with Crippen molar-refractivity contribution in [3.05, 3.63) is 78.1 Å². The highest BCUT2D eigenvalue weighted by Crippen LogP contribution is 2.29. The summed E-state index contributed by atoms with van der Waals surface area (Å²) in [5.41, 5.74) is 4.96. The van der Waals surface area contributed by atoms with Gasteiger partial charge in [0.1, 0.15) is 11.6 Å². The summed E-state index contributed by atoms with van der Waals surface area (Å²) in [6, 6.07) is 15.6. The number of para-hydroxylation sites is 2. The Bertz CT molecular complexity index is 1490. The average Bonchev–Trinajstić information content (AvgIpc) is 3.43. The predicted molar refractivity (Wildman–Crippen MR) is 147 cm³/mol. The number of fused-ring (bicyclic) bond motifs is 2. The maximum Gasteiger partial charge on any atom is 0.408 e. The third-order valence-corrected chi connectivity index (χ3v) is 6.85. The minimum Gasteiger partial charge on any atom is -0.444 e. The summed E-state index contributed by atoms with van der Waals surface area (Å²) in [6.45, 7) is 6.53. The number of aryl methyl sites for hydroxylation is 1. The Morgan fingerprint density at radius 1 is 1.08 bits per heavy atom. The molecule has 7 nitrogen and oxygen atoms in total. The number of aromatic amines is 1. The van der Waals surface area contributed by atoms with Crippen LogP contribution in [0.3, 0.4) is 0 Å². The molecule has 0 radical (unpaired) electrons. The molecule has 2 N–H and O–H groups in total. The Morgan fingerprint density at radius 2 is 1.81 bits per heavy atom. The molecule has 0 saturated heterocycles. The molecule has 0 fully saturated rings. The predicted octanol–water partition coefficient (Wildman–Crippen LogP) is 5.41. The zero-order valence-corrected chi connectivity index (χ0v) is 21.9. The Balaban J connectivity index is 1.38. The van der Waals surface area contributed by atoms with E-state index in [0.29, 0.717) is 19.5 Å². The van der Waals surface area contributed by atoms with Crippen molar-refractivity contribution in [1.82, 2.24) is 19.8 Å². The van der Waals surface area contributed by atoms with Gasteiger partial charge in [-0.1, -0.05) is 42.5 Å². The summed E-state index contributed by atoms with van der Waals surface area (Å²) in [5, 5.41) is 5.14. The summed E-state index contributed by atoms with van der Waals surface area (Å²) in [6.07, 6.45) is 6.75. The van der Waals surface area contributed by atoms with Gasteiger partial charge in [0.15, 0.2) is 0 Å². The van der Waals surface area contributed by atoms with E-state index < -0.39 is 17.7 Å². The number of H-pyrrole nitrogens is 1. The van der Waals surface area contributed by atoms with Gasteiger partial charge in [0.25, 0.3) is 0 Å². The number of hydrogen-bond donors (Lipinski definition) is 2. The van der Waals surface area contributed by atoms with Gasteiger partial charge in [0, 0.05) is 66.3 Å². The Kier molecular flexibility index (Phi) is 6.54. The summed E-state index contributed by atoms with van der Waals surface area (Å²) in [7, 11) is 1.99. The molecule has 192 valence electrons. The van der Waals surface area contributed by atoms with E-state index in [4.69, 9.17) is 4.74 Å². The quantitative estimate of drug-likeness (QED) is 0.386. The number of aromatic nitrogens is 2. The van der Waals surface area contributed by atoms with Gasteiger partial charge in [-0.2, -0.15) is 0 Å². The van der Waals surface area contributed by atoms with Gasteiger partial charge < -0.3 is 24.5 Å². The van der Waals surface area contributed by atoms with Crippen LogP contribution in [0.25, 0.3) is 27.4 Å². The second-order valence-corrected chi connectivity index (χ2v) is 10.7. The first kappa shape index (κ1) is 24.7. The van der Waals surface area contributed by atoms with E-state index in [1.807, 2.05) is 69.4 Å². The molecule has 2 aromatic heterocycles. The van der Waals surface area contributed by atoms with Crippen molar-refractivity contribution in [3.8, 4) is 0 Å². The number of benzene rings is 2. The van der Waals surface area contributed by atoms with E-state index in [2.05, 4.69) is 45.2 Å². The summed E-state index contributed by atoms with van der Waals surface area (Å²) in [5.74, 6) is -0.104. The van der Waals surface area contributed by atoms with Crippen LogP contribution < -0.4 is 5.32 Å². The van der Waals surface area contributed by atoms with Gasteiger partial charge in [-0.25, -0.2) is 4.79 Å². The van der Waals surface area contributed by atoms with E-state index in [0.717, 1.165) is 28.4 Å². The molecule has 0 saturated carbocycles. The number of carbonyl (C=O) groups is 2. The zero-order chi connectivity index (χ0) is 26.2. The van der Waals surface area contributed by atoms with Gasteiger partial charge in [0.05, 0.1) is 0 Å². The lowest BCUT2D eigenvalue weighted by molar-refractivity contribution is -0.133. The molecule has 7 heteroatoms. The molecule has 2 aromatic carbocycles. The van der Waals surface area contributed by atoms with Crippen LogP contribution in [-0.4, -0.2) is 51.2 Å². The lowest BCUT2D eigenvalue weighted by atomic mass is 9.98. The van der Waals surface area contributed by atoms with E-state index in [1.54, 1.807) is 0 Å². The van der Waals surface area contributed by atoms with Crippen LogP contribution in [0.2, 0.25) is 0 Å². The van der Waals surface area contributed by atoms with Crippen molar-refractivity contribution in [1.29, 1.82) is 0 Å². The molecule has 2 amide bonds. The fraction of sp³-hybridized carbons (Fsp3) is 0.333. The second-order valence-electron chi connectivity index (χ2n) is 10.7. The molecule has 1 aliphatic rings. The van der Waals surface area contributed by atoms with Crippen molar-refractivity contribution in [2.45, 2.75) is 45.3 Å². The van der Waals surface area contributed by atoms with E-state index in [9.17, 15) is 9.59 Å². The van der Waals surface area contributed by atoms with Crippen LogP contribution in [0.15, 0.2) is 67.0 Å². The van der Waals surface area contributed by atoms with Gasteiger partial charge in [-0.15, -0.1) is 0 Å². The standard InChI is InChI=1S/C30H34N4O3/c1-30(2,3)37-29(36)32-26(17-21-19-33(4)27-12-8-6-9-22(21)27)28(35)34-15-13-20(14-16-34)24-18-31-25-11-7-5-10-23(24)25/h5-13,18-19,26,31H,14-17H2,1-4H3,(H,32,36)/t26-/m1/s1. The van der Waals surface area contributed by atoms with Crippen molar-refractivity contribution in [2.24, 2.45) is 7.05 Å². The molecular weight excluding hydrogens is 464 g/mol. The van der Waals surface area contributed by atoms with Crippen molar-refractivity contribution in [2.75, 3.05) is 13.1 Å². The Labute approximate surface area is 217 Å². The van der Waals surface area contributed by atoms with E-state index >= 15 is 0 Å². The van der Waals surface area contributed by atoms with Gasteiger partial charge >= 0.3 is 6.09 Å². The summed E-state index contributed by atoms with van der Waals surface area (Å²) < 4.78 is 7.55. The molecule has 0 unspecified atom stereocenters. The van der Waals surface area contributed by atoms with Crippen LogP contribution in [0.1, 0.15) is 38.3 Å². The lowest BCUT2D eigenvalue weighted by Crippen LogP contribution is -2.51. The highest BCUT2D eigenvalue weighted by molar-refractivity contribution is 5.94. The zero-order valence-electron chi connectivity index (χ0n) is 21.9. The Hall–Kier alpha value is -4.00. The van der Waals surface area contributed by atoms with Crippen molar-refractivity contribution < 1.29 is 14.3 Å². The number of carbonyl (C=O) groups excluding carboxylic acids is 2. The Morgan fingerprint density at radius 3 is 2.54 bits per heavy atom. The van der Waals surface area contributed by atoms with E-state index in [1.165, 1.54) is 16.5 Å². The number of hydrogen-bond acceptors (Lipinski definition) is 3. The third kappa shape index (κ3) is 5.26. The lowest BCUT2D eigenvalue weighted by Gasteiger charge is -2.31. The maximum absolute atomic E-state index is 13.8. The number of alkyl carbamates (subject to hydrolysis) is 1. The van der Waals surface area contributed by atoms with Crippen molar-refractivity contribution in [3.63, 3.8) is 0 Å². The van der Waals surface area contributed by atoms with Crippen LogP contribution in [0.4, 0.5) is 4.79 Å². The first-order valence-corrected chi connectivity index (χ1v) is 12.8. The van der Waals surface area contributed by atoms with Gasteiger partial charge in [-0.3, -0.25) is 4.79 Å². The minimum absolute atomic E-state index is 0.104. The first-order valence-electron chi connectivity index (χ1n) is 12.8. The largest absolute Gasteiger partial charge is 0.444 e. The fourth-order valence-electron chi connectivity index (χ4n) is 5.13. The summed E-state index contributed by atoms with van der Waals surface area (Å²) >= 11 is 0. The number of nitrogens with zero attached hydrogens (tertiary/aromatic N) is 2. The molecule has 1 aliphatic heterocycles. The van der Waals surface area contributed by atoms with Crippen LogP contribution in [0, 0.1) is 0 Å². The van der Waals surface area contributed by atoms with Crippen molar-refractivity contribution >= 4 is 39.4 Å². The third-order valence-electron chi connectivity index (χ3n) is 6.85. The SMILES string of the molecule is Cn1cc(C[C@@H](NC(=O)OC(C)(C)C)C(=O)N2CC=C(c3c[nH]c4ccccc34)CC2)c2ccccc21. The molecule has 37 heavy (non-hydrogen) atoms. The number of rotatable bonds is 5. The highest BCUT2D eigenvalue weighted by Gasteiger charge is 2.30. The molecular formula is C30H34N4O3.